The molecule has 1 amide bonds. The molecular weight excluding hydrogens is 511 g/mol. The summed E-state index contributed by atoms with van der Waals surface area (Å²) in [6.07, 6.45) is 0. The molecule has 4 rings (SSSR count). The number of hydrogen-bond acceptors (Lipinski definition) is 5. The van der Waals surface area contributed by atoms with Gasteiger partial charge >= 0.3 is 0 Å². The number of halogens is 2. The number of aliphatic hydroxyl groups excluding tert-OH is 1. The lowest BCUT2D eigenvalue weighted by molar-refractivity contribution is -0.132. The van der Waals surface area contributed by atoms with Crippen LogP contribution >= 0.6 is 23.2 Å². The lowest BCUT2D eigenvalue weighted by atomic mass is 9.93. The zero-order valence-corrected chi connectivity index (χ0v) is 22.8. The number of hydrogen-bond donors (Lipinski definition) is 1. The molecule has 1 aliphatic heterocycles. The minimum absolute atomic E-state index is 0.0451. The molecule has 1 heterocycles. The Bertz CT molecular complexity index is 1360. The van der Waals surface area contributed by atoms with Gasteiger partial charge in [0.2, 0.25) is 0 Å². The number of benzene rings is 3. The van der Waals surface area contributed by atoms with E-state index in [1.165, 1.54) is 24.1 Å². The number of amides is 1. The fraction of sp³-hybridized carbons (Fsp3) is 0.241. The molecule has 0 aromatic heterocycles. The summed E-state index contributed by atoms with van der Waals surface area (Å²) in [5.74, 6) is -1.34. The maximum atomic E-state index is 13.4. The fourth-order valence-corrected chi connectivity index (χ4v) is 5.08. The summed E-state index contributed by atoms with van der Waals surface area (Å²) in [6.45, 7) is 4.18. The number of nitrogens with zero attached hydrogens (tertiary/aromatic N) is 2. The number of rotatable bonds is 6. The number of Topliss-reactive ketones (excluding diaryl/α,β-unsaturated/α-hetero) is 1. The van der Waals surface area contributed by atoms with Gasteiger partial charge in [-0.1, -0.05) is 61.3 Å². The average Bonchev–Trinajstić information content (AvgIpc) is 3.13. The highest BCUT2D eigenvalue weighted by molar-refractivity contribution is 6.51. The number of aliphatic hydroxyl groups is 1. The van der Waals surface area contributed by atoms with Gasteiger partial charge in [-0.15, -0.1) is 0 Å². The predicted molar refractivity (Wildman–Crippen MR) is 149 cm³/mol. The zero-order chi connectivity index (χ0) is 27.0. The molecule has 0 saturated carbocycles. The topological polar surface area (TPSA) is 70.1 Å². The van der Waals surface area contributed by atoms with Crippen LogP contribution in [0.5, 0.6) is 5.75 Å². The molecule has 0 radical (unpaired) electrons. The van der Waals surface area contributed by atoms with Gasteiger partial charge in [0.15, 0.2) is 5.75 Å². The summed E-state index contributed by atoms with van der Waals surface area (Å²) in [7, 11) is 5.27. The monoisotopic (exact) mass is 538 g/mol. The van der Waals surface area contributed by atoms with Gasteiger partial charge in [0.25, 0.3) is 11.7 Å². The van der Waals surface area contributed by atoms with Crippen molar-refractivity contribution in [3.8, 4) is 5.75 Å². The normalized spacial score (nSPS) is 17.0. The summed E-state index contributed by atoms with van der Waals surface area (Å²) in [5, 5.41) is 11.7. The highest BCUT2D eigenvalue weighted by Gasteiger charge is 2.47. The van der Waals surface area contributed by atoms with Crippen molar-refractivity contribution < 1.29 is 19.4 Å². The second-order valence-electron chi connectivity index (χ2n) is 9.37. The van der Waals surface area contributed by atoms with E-state index >= 15 is 0 Å². The highest BCUT2D eigenvalue weighted by Crippen LogP contribution is 2.44. The average molecular weight is 539 g/mol. The van der Waals surface area contributed by atoms with Crippen molar-refractivity contribution in [2.75, 3.05) is 31.0 Å². The summed E-state index contributed by atoms with van der Waals surface area (Å²) >= 11 is 12.6. The molecule has 1 saturated heterocycles. The molecule has 37 heavy (non-hydrogen) atoms. The third-order valence-electron chi connectivity index (χ3n) is 6.48. The van der Waals surface area contributed by atoms with Gasteiger partial charge in [-0.05, 0) is 53.4 Å². The Kier molecular flexibility index (Phi) is 7.53. The number of carbonyl (C=O) groups is 2. The molecule has 8 heteroatoms. The molecule has 0 aliphatic carbocycles. The fourth-order valence-electron chi connectivity index (χ4n) is 4.44. The number of ether oxygens (including phenoxy) is 1. The van der Waals surface area contributed by atoms with E-state index in [0.29, 0.717) is 17.2 Å². The quantitative estimate of drug-likeness (QED) is 0.212. The minimum Gasteiger partial charge on any atom is -0.507 e. The van der Waals surface area contributed by atoms with E-state index in [1.807, 2.05) is 55.4 Å². The number of anilines is 2. The molecule has 1 N–H and O–H groups in total. The number of methoxy groups -OCH3 is 1. The molecule has 3 aromatic carbocycles. The van der Waals surface area contributed by atoms with E-state index in [9.17, 15) is 14.7 Å². The molecule has 3 aromatic rings. The molecule has 192 valence electrons. The van der Waals surface area contributed by atoms with Crippen LogP contribution in [0, 0.1) is 0 Å². The number of ketones is 1. The first-order chi connectivity index (χ1) is 17.5. The second-order valence-corrected chi connectivity index (χ2v) is 10.2. The summed E-state index contributed by atoms with van der Waals surface area (Å²) in [5.41, 5.74) is 3.45. The Balaban J connectivity index is 1.92. The molecule has 1 fully saturated rings. The van der Waals surface area contributed by atoms with E-state index in [-0.39, 0.29) is 32.7 Å². The first-order valence-corrected chi connectivity index (χ1v) is 12.5. The summed E-state index contributed by atoms with van der Waals surface area (Å²) in [4.78, 5) is 30.2. The Hall–Kier alpha value is -3.48. The first-order valence-electron chi connectivity index (χ1n) is 11.8. The van der Waals surface area contributed by atoms with Crippen LogP contribution < -0.4 is 14.5 Å². The minimum atomic E-state index is -0.855. The van der Waals surface area contributed by atoms with Crippen molar-refractivity contribution in [2.45, 2.75) is 25.8 Å². The van der Waals surface area contributed by atoms with Crippen LogP contribution in [0.1, 0.15) is 42.5 Å². The van der Waals surface area contributed by atoms with Crippen molar-refractivity contribution in [3.05, 3.63) is 93.0 Å². The van der Waals surface area contributed by atoms with Gasteiger partial charge in [-0.25, -0.2) is 0 Å². The van der Waals surface area contributed by atoms with Crippen molar-refractivity contribution in [3.63, 3.8) is 0 Å². The van der Waals surface area contributed by atoms with E-state index in [4.69, 9.17) is 27.9 Å². The predicted octanol–water partition coefficient (Wildman–Crippen LogP) is 6.82. The Labute approximate surface area is 226 Å². The Morgan fingerprint density at radius 3 is 2.03 bits per heavy atom. The Morgan fingerprint density at radius 2 is 1.54 bits per heavy atom. The molecule has 1 aliphatic rings. The van der Waals surface area contributed by atoms with Gasteiger partial charge in [0.05, 0.1) is 28.8 Å². The maximum Gasteiger partial charge on any atom is 0.300 e. The van der Waals surface area contributed by atoms with Crippen molar-refractivity contribution in [2.24, 2.45) is 0 Å². The lowest BCUT2D eigenvalue weighted by Crippen LogP contribution is -2.29. The van der Waals surface area contributed by atoms with Gasteiger partial charge in [0.1, 0.15) is 5.76 Å². The van der Waals surface area contributed by atoms with Gasteiger partial charge < -0.3 is 14.7 Å². The first kappa shape index (κ1) is 26.6. The number of carbonyl (C=O) groups excluding carboxylic acids is 2. The van der Waals surface area contributed by atoms with E-state index in [0.717, 1.165) is 11.3 Å². The van der Waals surface area contributed by atoms with Crippen LogP contribution in [0.3, 0.4) is 0 Å². The second kappa shape index (κ2) is 10.5. The van der Waals surface area contributed by atoms with Gasteiger partial charge in [0, 0.05) is 31.0 Å². The van der Waals surface area contributed by atoms with Crippen LogP contribution in [0.4, 0.5) is 11.4 Å². The molecule has 6 nitrogen and oxygen atoms in total. The van der Waals surface area contributed by atoms with Crippen LogP contribution in [-0.4, -0.2) is 38.0 Å². The van der Waals surface area contributed by atoms with E-state index in [2.05, 4.69) is 13.8 Å². The summed E-state index contributed by atoms with van der Waals surface area (Å²) < 4.78 is 5.20. The SMILES string of the molecule is COc1c(Cl)cc(/C(O)=C2\C(=O)C(=O)N(c3ccc(N(C)C)cc3)C2c2ccc(C(C)C)cc2)cc1Cl. The van der Waals surface area contributed by atoms with Crippen LogP contribution in [-0.2, 0) is 9.59 Å². The maximum absolute atomic E-state index is 13.4. The highest BCUT2D eigenvalue weighted by atomic mass is 35.5. The smallest absolute Gasteiger partial charge is 0.300 e. The lowest BCUT2D eigenvalue weighted by Gasteiger charge is -2.26. The van der Waals surface area contributed by atoms with Crippen LogP contribution in [0.2, 0.25) is 10.0 Å². The molecule has 0 bridgehead atoms. The molecule has 1 unspecified atom stereocenters. The van der Waals surface area contributed by atoms with E-state index in [1.54, 1.807) is 12.1 Å². The van der Waals surface area contributed by atoms with Crippen LogP contribution in [0.25, 0.3) is 5.76 Å². The third-order valence-corrected chi connectivity index (χ3v) is 7.04. The molecular formula is C29H28Cl2N2O4. The largest absolute Gasteiger partial charge is 0.507 e. The summed E-state index contributed by atoms with van der Waals surface area (Å²) in [6, 6.07) is 17.1. The van der Waals surface area contributed by atoms with Gasteiger partial charge in [-0.3, -0.25) is 14.5 Å². The Morgan fingerprint density at radius 1 is 0.973 bits per heavy atom. The van der Waals surface area contributed by atoms with Crippen molar-refractivity contribution >= 4 is 52.0 Å². The van der Waals surface area contributed by atoms with Crippen molar-refractivity contribution in [1.29, 1.82) is 0 Å². The van der Waals surface area contributed by atoms with E-state index < -0.39 is 17.7 Å². The van der Waals surface area contributed by atoms with Gasteiger partial charge in [-0.2, -0.15) is 0 Å². The third kappa shape index (κ3) is 4.91. The van der Waals surface area contributed by atoms with Crippen LogP contribution in [0.15, 0.2) is 66.2 Å². The molecule has 1 atom stereocenters. The van der Waals surface area contributed by atoms with Crippen molar-refractivity contribution in [1.82, 2.24) is 0 Å². The zero-order valence-electron chi connectivity index (χ0n) is 21.3. The molecule has 0 spiro atoms. The standard InChI is InChI=1S/C29H28Cl2N2O4/c1-16(2)17-6-8-18(9-7-17)25-24(26(34)19-14-22(30)28(37-5)23(31)15-19)27(35)29(36)33(25)21-12-10-20(11-13-21)32(3)4/h6-16,25,34H,1-5H3/b26-24+.